The topological polar surface area (TPSA) is 61.4 Å². The average molecular weight is 462 g/mol. The van der Waals surface area contributed by atoms with Gasteiger partial charge in [-0.1, -0.05) is 35.3 Å². The third-order valence-corrected chi connectivity index (χ3v) is 5.45. The normalized spacial score (nSPS) is 14.5. The Morgan fingerprint density at radius 3 is 2.66 bits per heavy atom. The molecule has 2 N–H and O–H groups in total. The van der Waals surface area contributed by atoms with Gasteiger partial charge in [-0.25, -0.2) is 4.39 Å². The number of hydrogen-bond acceptors (Lipinski definition) is 3. The molecule has 1 aliphatic rings. The summed E-state index contributed by atoms with van der Waals surface area (Å²) in [5.41, 5.74) is 1.67. The van der Waals surface area contributed by atoms with Crippen LogP contribution in [0.5, 0.6) is 0 Å². The summed E-state index contributed by atoms with van der Waals surface area (Å²) in [6, 6.07) is 11.1. The summed E-state index contributed by atoms with van der Waals surface area (Å²) < 4.78 is 14.6. The molecule has 2 aromatic carbocycles. The van der Waals surface area contributed by atoms with Gasteiger partial charge in [0.15, 0.2) is 0 Å². The molecule has 29 heavy (non-hydrogen) atoms. The first-order valence-electron chi connectivity index (χ1n) is 9.89. The van der Waals surface area contributed by atoms with Crippen molar-refractivity contribution in [3.8, 4) is 0 Å². The summed E-state index contributed by atoms with van der Waals surface area (Å²) in [5, 5.41) is 5.56. The number of nitrogens with one attached hydrogen (secondary N) is 2. The molecule has 154 valence electrons. The van der Waals surface area contributed by atoms with E-state index in [1.165, 1.54) is 31.0 Å². The summed E-state index contributed by atoms with van der Waals surface area (Å²) in [4.78, 5) is 27.6. The van der Waals surface area contributed by atoms with E-state index in [4.69, 9.17) is 0 Å². The fourth-order valence-corrected chi connectivity index (χ4v) is 3.81. The number of nitrogens with zero attached hydrogens (tertiary/aromatic N) is 1. The molecule has 0 radical (unpaired) electrons. The van der Waals surface area contributed by atoms with E-state index in [-0.39, 0.29) is 11.5 Å². The molecule has 3 rings (SSSR count). The summed E-state index contributed by atoms with van der Waals surface area (Å²) in [6.07, 6.45) is 3.51. The molecule has 1 atom stereocenters. The van der Waals surface area contributed by atoms with E-state index in [9.17, 15) is 14.0 Å². The highest BCUT2D eigenvalue weighted by atomic mass is 79.9. The van der Waals surface area contributed by atoms with Crippen LogP contribution >= 0.6 is 15.9 Å². The van der Waals surface area contributed by atoms with Gasteiger partial charge in [-0.2, -0.15) is 0 Å². The number of hydrogen-bond donors (Lipinski definition) is 2. The number of halogens is 2. The lowest BCUT2D eigenvalue weighted by Gasteiger charge is -2.20. The van der Waals surface area contributed by atoms with E-state index in [0.29, 0.717) is 23.0 Å². The Balaban J connectivity index is 1.70. The van der Waals surface area contributed by atoms with Crippen LogP contribution in [0.15, 0.2) is 46.9 Å². The molecular weight excluding hydrogens is 437 g/mol. The molecule has 7 heteroatoms. The molecule has 0 spiro atoms. The highest BCUT2D eigenvalue weighted by Crippen LogP contribution is 2.23. The maximum atomic E-state index is 14.0. The van der Waals surface area contributed by atoms with Crippen molar-refractivity contribution in [2.75, 3.05) is 23.3 Å². The minimum atomic E-state index is -0.749. The number of rotatable bonds is 7. The zero-order valence-electron chi connectivity index (χ0n) is 16.4. The van der Waals surface area contributed by atoms with Crippen molar-refractivity contribution in [3.63, 3.8) is 0 Å². The van der Waals surface area contributed by atoms with Gasteiger partial charge in [-0.05, 0) is 55.7 Å². The first-order valence-corrected chi connectivity index (χ1v) is 10.7. The standard InChI is InChI=1S/C22H25BrFN3O2/c1-2-6-20(26-21(28)18-13-15(23)9-10-19(18)24)22(29)25-16-7-5-8-17(14-16)27-11-3-4-12-27/h5,7-10,13-14,20H,2-4,6,11-12H2,1H3,(H,25,29)(H,26,28). The Morgan fingerprint density at radius 1 is 1.17 bits per heavy atom. The first-order chi connectivity index (χ1) is 14.0. The lowest BCUT2D eigenvalue weighted by atomic mass is 10.1. The number of benzene rings is 2. The summed E-state index contributed by atoms with van der Waals surface area (Å²) in [6.45, 7) is 3.97. The van der Waals surface area contributed by atoms with Crippen LogP contribution in [-0.2, 0) is 4.79 Å². The number of carbonyl (C=O) groups is 2. The summed E-state index contributed by atoms with van der Waals surface area (Å²) >= 11 is 3.24. The molecule has 0 saturated carbocycles. The van der Waals surface area contributed by atoms with Gasteiger partial charge in [0.05, 0.1) is 5.56 Å². The fraction of sp³-hybridized carbons (Fsp3) is 0.364. The van der Waals surface area contributed by atoms with Crippen molar-refractivity contribution in [2.45, 2.75) is 38.6 Å². The molecular formula is C22H25BrFN3O2. The molecule has 5 nitrogen and oxygen atoms in total. The van der Waals surface area contributed by atoms with E-state index in [1.54, 1.807) is 0 Å². The van der Waals surface area contributed by atoms with Crippen LogP contribution in [0.2, 0.25) is 0 Å². The van der Waals surface area contributed by atoms with Crippen LogP contribution in [0, 0.1) is 5.82 Å². The smallest absolute Gasteiger partial charge is 0.254 e. The molecule has 1 aliphatic heterocycles. The molecule has 0 bridgehead atoms. The lowest BCUT2D eigenvalue weighted by Crippen LogP contribution is -2.44. The minimum absolute atomic E-state index is 0.0932. The highest BCUT2D eigenvalue weighted by molar-refractivity contribution is 9.10. The maximum absolute atomic E-state index is 14.0. The van der Waals surface area contributed by atoms with E-state index < -0.39 is 17.8 Å². The van der Waals surface area contributed by atoms with Gasteiger partial charge in [-0.15, -0.1) is 0 Å². The third kappa shape index (κ3) is 5.56. The monoisotopic (exact) mass is 461 g/mol. The van der Waals surface area contributed by atoms with Crippen LogP contribution in [0.25, 0.3) is 0 Å². The Morgan fingerprint density at radius 2 is 1.93 bits per heavy atom. The van der Waals surface area contributed by atoms with Crippen LogP contribution in [-0.4, -0.2) is 30.9 Å². The third-order valence-electron chi connectivity index (χ3n) is 4.96. The summed E-state index contributed by atoms with van der Waals surface area (Å²) in [5.74, 6) is -1.54. The van der Waals surface area contributed by atoms with Crippen molar-refractivity contribution in [3.05, 3.63) is 58.3 Å². The van der Waals surface area contributed by atoms with E-state index in [0.717, 1.165) is 18.8 Å². The fourth-order valence-electron chi connectivity index (χ4n) is 3.45. The van der Waals surface area contributed by atoms with Crippen molar-refractivity contribution in [2.24, 2.45) is 0 Å². The second kappa shape index (κ2) is 9.87. The molecule has 1 saturated heterocycles. The SMILES string of the molecule is CCCC(NC(=O)c1cc(Br)ccc1F)C(=O)Nc1cccc(N2CCCC2)c1. The molecule has 1 fully saturated rings. The van der Waals surface area contributed by atoms with Crippen LogP contribution in [0.3, 0.4) is 0 Å². The van der Waals surface area contributed by atoms with Gasteiger partial charge in [0.2, 0.25) is 5.91 Å². The Kier molecular flexibility index (Phi) is 7.25. The van der Waals surface area contributed by atoms with Crippen LogP contribution in [0.1, 0.15) is 43.0 Å². The minimum Gasteiger partial charge on any atom is -0.371 e. The summed E-state index contributed by atoms with van der Waals surface area (Å²) in [7, 11) is 0. The van der Waals surface area contributed by atoms with Crippen molar-refractivity contribution in [1.29, 1.82) is 0 Å². The number of amides is 2. The predicted molar refractivity (Wildman–Crippen MR) is 117 cm³/mol. The second-order valence-electron chi connectivity index (χ2n) is 7.17. The second-order valence-corrected chi connectivity index (χ2v) is 8.09. The largest absolute Gasteiger partial charge is 0.371 e. The van der Waals surface area contributed by atoms with E-state index in [2.05, 4.69) is 31.5 Å². The maximum Gasteiger partial charge on any atom is 0.254 e. The molecule has 2 amide bonds. The zero-order chi connectivity index (χ0) is 20.8. The molecule has 1 unspecified atom stereocenters. The number of anilines is 2. The van der Waals surface area contributed by atoms with Crippen molar-refractivity contribution in [1.82, 2.24) is 5.32 Å². The molecule has 0 aromatic heterocycles. The average Bonchev–Trinajstić information content (AvgIpc) is 3.24. The Labute approximate surface area is 178 Å². The van der Waals surface area contributed by atoms with Gasteiger partial charge >= 0.3 is 0 Å². The van der Waals surface area contributed by atoms with E-state index >= 15 is 0 Å². The highest BCUT2D eigenvalue weighted by Gasteiger charge is 2.23. The van der Waals surface area contributed by atoms with E-state index in [1.807, 2.05) is 31.2 Å². The zero-order valence-corrected chi connectivity index (χ0v) is 18.0. The number of carbonyl (C=O) groups excluding carboxylic acids is 2. The van der Waals surface area contributed by atoms with Gasteiger partial charge in [-0.3, -0.25) is 9.59 Å². The molecule has 0 aliphatic carbocycles. The van der Waals surface area contributed by atoms with Crippen molar-refractivity contribution < 1.29 is 14.0 Å². The quantitative estimate of drug-likeness (QED) is 0.626. The van der Waals surface area contributed by atoms with Gasteiger partial charge in [0, 0.05) is 28.9 Å². The van der Waals surface area contributed by atoms with Gasteiger partial charge < -0.3 is 15.5 Å². The van der Waals surface area contributed by atoms with Gasteiger partial charge in [0.1, 0.15) is 11.9 Å². The molecule has 1 heterocycles. The Bertz CT molecular complexity index is 884. The lowest BCUT2D eigenvalue weighted by molar-refractivity contribution is -0.118. The van der Waals surface area contributed by atoms with Gasteiger partial charge in [0.25, 0.3) is 5.91 Å². The van der Waals surface area contributed by atoms with Crippen LogP contribution in [0.4, 0.5) is 15.8 Å². The molecule has 2 aromatic rings. The first kappa shape index (κ1) is 21.3. The predicted octanol–water partition coefficient (Wildman–Crippen LogP) is 4.73. The Hall–Kier alpha value is -2.41. The van der Waals surface area contributed by atoms with Crippen molar-refractivity contribution >= 4 is 39.1 Å². The van der Waals surface area contributed by atoms with Crippen LogP contribution < -0.4 is 15.5 Å².